The Morgan fingerprint density at radius 1 is 1.22 bits per heavy atom. The van der Waals surface area contributed by atoms with Gasteiger partial charge in [-0.1, -0.05) is 19.9 Å². The molecule has 104 valence electrons. The third kappa shape index (κ3) is 7.09. The van der Waals surface area contributed by atoms with E-state index in [1.165, 1.54) is 0 Å². The van der Waals surface area contributed by atoms with Crippen molar-refractivity contribution in [2.24, 2.45) is 5.92 Å². The van der Waals surface area contributed by atoms with Crippen LogP contribution in [0.25, 0.3) is 0 Å². The fraction of sp³-hybridized carbons (Fsp3) is 0.714. The second-order valence-corrected chi connectivity index (χ2v) is 5.37. The maximum Gasteiger partial charge on any atom is 0.333 e. The maximum atomic E-state index is 11.6. The molecule has 0 heterocycles. The first-order valence-corrected chi connectivity index (χ1v) is 6.22. The zero-order chi connectivity index (χ0) is 14.3. The van der Waals surface area contributed by atoms with Crippen LogP contribution in [0.5, 0.6) is 0 Å². The van der Waals surface area contributed by atoms with Crippen LogP contribution >= 0.6 is 0 Å². The summed E-state index contributed by atoms with van der Waals surface area (Å²) >= 11 is 0. The number of rotatable bonds is 5. The van der Waals surface area contributed by atoms with Crippen LogP contribution in [-0.4, -0.2) is 24.1 Å². The molecule has 4 nitrogen and oxygen atoms in total. The van der Waals surface area contributed by atoms with Gasteiger partial charge < -0.3 is 9.47 Å². The molecule has 4 heteroatoms. The van der Waals surface area contributed by atoms with Gasteiger partial charge in [0.25, 0.3) is 0 Å². The lowest BCUT2D eigenvalue weighted by molar-refractivity contribution is -0.157. The van der Waals surface area contributed by atoms with Gasteiger partial charge in [0.05, 0.1) is 6.42 Å². The minimum absolute atomic E-state index is 0.0534. The molecule has 0 N–H and O–H groups in total. The molecular weight excluding hydrogens is 232 g/mol. The first-order chi connectivity index (χ1) is 8.17. The molecule has 0 spiro atoms. The molecule has 0 aromatic rings. The van der Waals surface area contributed by atoms with Crippen molar-refractivity contribution in [2.45, 2.75) is 53.6 Å². The lowest BCUT2D eigenvalue weighted by Gasteiger charge is -2.19. The lowest BCUT2D eigenvalue weighted by atomic mass is 10.0. The molecule has 0 aliphatic heterocycles. The summed E-state index contributed by atoms with van der Waals surface area (Å²) in [6, 6.07) is 0. The molecule has 0 bridgehead atoms. The van der Waals surface area contributed by atoms with Gasteiger partial charge in [0.1, 0.15) is 12.2 Å². The van der Waals surface area contributed by atoms with Gasteiger partial charge in [-0.2, -0.15) is 0 Å². The minimum atomic E-state index is -0.506. The average molecular weight is 256 g/mol. The number of allylic oxidation sites excluding steroid dienone is 1. The number of hydrogen-bond donors (Lipinski definition) is 0. The molecule has 0 aliphatic carbocycles. The van der Waals surface area contributed by atoms with Crippen molar-refractivity contribution < 1.29 is 19.1 Å². The van der Waals surface area contributed by atoms with Crippen molar-refractivity contribution in [2.75, 3.05) is 6.61 Å². The van der Waals surface area contributed by atoms with Gasteiger partial charge in [0.15, 0.2) is 0 Å². The van der Waals surface area contributed by atoms with Gasteiger partial charge in [-0.25, -0.2) is 4.79 Å². The molecule has 0 radical (unpaired) electrons. The first kappa shape index (κ1) is 16.7. The van der Waals surface area contributed by atoms with Crippen molar-refractivity contribution in [3.63, 3.8) is 0 Å². The SMILES string of the molecule is C/C=C(/C(=O)OCCC(=O)OC(C)(C)C)C(C)C. The first-order valence-electron chi connectivity index (χ1n) is 6.22. The highest BCUT2D eigenvalue weighted by atomic mass is 16.6. The van der Waals surface area contributed by atoms with E-state index in [2.05, 4.69) is 0 Å². The zero-order valence-corrected chi connectivity index (χ0v) is 12.2. The second kappa shape index (κ2) is 7.19. The van der Waals surface area contributed by atoms with Gasteiger partial charge in [0.2, 0.25) is 0 Å². The number of ether oxygens (including phenoxy) is 2. The summed E-state index contributed by atoms with van der Waals surface area (Å²) in [5.74, 6) is -0.609. The third-order valence-corrected chi connectivity index (χ3v) is 2.13. The molecule has 0 aromatic heterocycles. The van der Waals surface area contributed by atoms with Crippen molar-refractivity contribution in [1.29, 1.82) is 0 Å². The van der Waals surface area contributed by atoms with Crippen LogP contribution in [0, 0.1) is 5.92 Å². The number of carbonyl (C=O) groups is 2. The van der Waals surface area contributed by atoms with Gasteiger partial charge in [-0.05, 0) is 33.6 Å². The summed E-state index contributed by atoms with van der Waals surface area (Å²) in [6.45, 7) is 11.1. The molecule has 18 heavy (non-hydrogen) atoms. The van der Waals surface area contributed by atoms with Crippen LogP contribution in [-0.2, 0) is 19.1 Å². The van der Waals surface area contributed by atoms with E-state index in [9.17, 15) is 9.59 Å². The molecule has 0 saturated heterocycles. The molecule has 0 amide bonds. The number of carbonyl (C=O) groups excluding carboxylic acids is 2. The fourth-order valence-corrected chi connectivity index (χ4v) is 1.39. The van der Waals surface area contributed by atoms with E-state index in [-0.39, 0.29) is 30.9 Å². The minimum Gasteiger partial charge on any atom is -0.462 e. The van der Waals surface area contributed by atoms with Gasteiger partial charge in [0, 0.05) is 5.57 Å². The van der Waals surface area contributed by atoms with E-state index in [4.69, 9.17) is 9.47 Å². The maximum absolute atomic E-state index is 11.6. The van der Waals surface area contributed by atoms with E-state index in [1.807, 2.05) is 13.8 Å². The summed E-state index contributed by atoms with van der Waals surface area (Å²) in [4.78, 5) is 23.0. The molecular formula is C14H24O4. The Bertz CT molecular complexity index is 321. The summed E-state index contributed by atoms with van der Waals surface area (Å²) in [6.07, 6.45) is 1.82. The highest BCUT2D eigenvalue weighted by Gasteiger charge is 2.18. The van der Waals surface area contributed by atoms with Gasteiger partial charge >= 0.3 is 11.9 Å². The molecule has 0 rings (SSSR count). The predicted octanol–water partition coefficient (Wildman–Crippen LogP) is 2.86. The summed E-state index contributed by atoms with van der Waals surface area (Å²) in [5, 5.41) is 0. The van der Waals surface area contributed by atoms with E-state index >= 15 is 0 Å². The van der Waals surface area contributed by atoms with Crippen molar-refractivity contribution >= 4 is 11.9 Å². The zero-order valence-electron chi connectivity index (χ0n) is 12.2. The molecule has 0 aliphatic rings. The number of hydrogen-bond acceptors (Lipinski definition) is 4. The monoisotopic (exact) mass is 256 g/mol. The summed E-state index contributed by atoms with van der Waals surface area (Å²) in [7, 11) is 0. The van der Waals surface area contributed by atoms with E-state index in [0.29, 0.717) is 5.57 Å². The summed E-state index contributed by atoms with van der Waals surface area (Å²) < 4.78 is 10.1. The van der Waals surface area contributed by atoms with Crippen molar-refractivity contribution in [3.8, 4) is 0 Å². The lowest BCUT2D eigenvalue weighted by Crippen LogP contribution is -2.25. The normalized spacial score (nSPS) is 12.5. The Labute approximate surface area is 109 Å². The Morgan fingerprint density at radius 2 is 1.78 bits per heavy atom. The van der Waals surface area contributed by atoms with E-state index in [0.717, 1.165) is 0 Å². The fourth-order valence-electron chi connectivity index (χ4n) is 1.39. The molecule has 0 unspecified atom stereocenters. The second-order valence-electron chi connectivity index (χ2n) is 5.37. The van der Waals surface area contributed by atoms with Gasteiger partial charge in [-0.15, -0.1) is 0 Å². The smallest absolute Gasteiger partial charge is 0.333 e. The highest BCUT2D eigenvalue weighted by molar-refractivity contribution is 5.88. The average Bonchev–Trinajstić information content (AvgIpc) is 2.14. The highest BCUT2D eigenvalue weighted by Crippen LogP contribution is 2.12. The Balaban J connectivity index is 4.06. The Morgan fingerprint density at radius 3 is 2.17 bits per heavy atom. The molecule has 0 aromatic carbocycles. The summed E-state index contributed by atoms with van der Waals surface area (Å²) in [5.41, 5.74) is 0.118. The molecule has 0 saturated carbocycles. The van der Waals surface area contributed by atoms with Crippen LogP contribution in [0.1, 0.15) is 48.0 Å². The van der Waals surface area contributed by atoms with E-state index in [1.54, 1.807) is 33.8 Å². The van der Waals surface area contributed by atoms with E-state index < -0.39 is 5.60 Å². The van der Waals surface area contributed by atoms with Crippen molar-refractivity contribution in [1.82, 2.24) is 0 Å². The standard InChI is InChI=1S/C14H24O4/c1-7-11(10(2)3)13(16)17-9-8-12(15)18-14(4,5)6/h7,10H,8-9H2,1-6H3/b11-7+. The van der Waals surface area contributed by atoms with Crippen LogP contribution in [0.3, 0.4) is 0 Å². The van der Waals surface area contributed by atoms with Crippen LogP contribution in [0.15, 0.2) is 11.6 Å². The van der Waals surface area contributed by atoms with Crippen molar-refractivity contribution in [3.05, 3.63) is 11.6 Å². The van der Waals surface area contributed by atoms with Crippen LogP contribution in [0.4, 0.5) is 0 Å². The topological polar surface area (TPSA) is 52.6 Å². The van der Waals surface area contributed by atoms with Crippen LogP contribution in [0.2, 0.25) is 0 Å². The molecule has 0 fully saturated rings. The molecule has 0 atom stereocenters. The van der Waals surface area contributed by atoms with Crippen LogP contribution < -0.4 is 0 Å². The predicted molar refractivity (Wildman–Crippen MR) is 70.0 cm³/mol. The Kier molecular flexibility index (Phi) is 6.66. The third-order valence-electron chi connectivity index (χ3n) is 2.13. The largest absolute Gasteiger partial charge is 0.462 e. The van der Waals surface area contributed by atoms with Gasteiger partial charge in [-0.3, -0.25) is 4.79 Å². The quantitative estimate of drug-likeness (QED) is 0.560. The number of esters is 2. The Hall–Kier alpha value is -1.32.